The van der Waals surface area contributed by atoms with Gasteiger partial charge >= 0.3 is 0 Å². The predicted molar refractivity (Wildman–Crippen MR) is 103 cm³/mol. The third-order valence-electron chi connectivity index (χ3n) is 5.39. The number of likely N-dealkylation sites (tertiary alicyclic amines) is 1. The van der Waals surface area contributed by atoms with Gasteiger partial charge < -0.3 is 15.0 Å². The molecule has 4 rings (SSSR count). The molecule has 2 aliphatic heterocycles. The number of hydrogen-bond donors (Lipinski definition) is 1. The lowest BCUT2D eigenvalue weighted by molar-refractivity contribution is -0.173. The van der Waals surface area contributed by atoms with Crippen molar-refractivity contribution >= 4 is 17.5 Å². The van der Waals surface area contributed by atoms with Crippen LogP contribution in [0.15, 0.2) is 67.3 Å². The van der Waals surface area contributed by atoms with E-state index in [1.54, 1.807) is 11.0 Å². The maximum atomic E-state index is 13.3. The van der Waals surface area contributed by atoms with E-state index in [-0.39, 0.29) is 17.7 Å². The van der Waals surface area contributed by atoms with E-state index >= 15 is 0 Å². The van der Waals surface area contributed by atoms with Crippen LogP contribution >= 0.6 is 0 Å². The van der Waals surface area contributed by atoms with Crippen LogP contribution in [0.1, 0.15) is 24.8 Å². The van der Waals surface area contributed by atoms with Crippen LogP contribution in [0, 0.1) is 5.92 Å². The largest absolute Gasteiger partial charge is 0.468 e. The molecule has 5 nitrogen and oxygen atoms in total. The minimum Gasteiger partial charge on any atom is -0.468 e. The summed E-state index contributed by atoms with van der Waals surface area (Å²) in [5, 5.41) is 2.90. The zero-order chi connectivity index (χ0) is 19.0. The van der Waals surface area contributed by atoms with E-state index in [0.717, 1.165) is 11.3 Å². The normalized spacial score (nSPS) is 26.0. The van der Waals surface area contributed by atoms with Crippen molar-refractivity contribution in [3.05, 3.63) is 72.8 Å². The minimum atomic E-state index is -0.803. The lowest BCUT2D eigenvalue weighted by atomic mass is 9.73. The number of ether oxygens (including phenoxy) is 1. The number of rotatable bonds is 4. The molecule has 2 aliphatic rings. The summed E-state index contributed by atoms with van der Waals surface area (Å²) < 4.78 is 6.20. The molecule has 1 fully saturated rings. The Morgan fingerprint density at radius 1 is 1.26 bits per heavy atom. The molecule has 0 spiro atoms. The molecule has 1 N–H and O–H groups in total. The Kier molecular flexibility index (Phi) is 4.22. The maximum Gasteiger partial charge on any atom is 0.239 e. The SMILES string of the molecule is C=CCN1C(=O)[C@@H](C(=O)Nc2ccccc2)[C@@H]2C[C@@]1(C)Oc1ccccc12. The first-order valence-corrected chi connectivity index (χ1v) is 9.10. The highest BCUT2D eigenvalue weighted by Gasteiger charge is 2.55. The second-order valence-corrected chi connectivity index (χ2v) is 7.20. The van der Waals surface area contributed by atoms with Crippen LogP contribution in [0.3, 0.4) is 0 Å². The second-order valence-electron chi connectivity index (χ2n) is 7.20. The van der Waals surface area contributed by atoms with E-state index in [4.69, 9.17) is 4.74 Å². The summed E-state index contributed by atoms with van der Waals surface area (Å²) in [4.78, 5) is 28.1. The van der Waals surface area contributed by atoms with Crippen LogP contribution in [0.5, 0.6) is 5.75 Å². The summed E-state index contributed by atoms with van der Waals surface area (Å²) in [7, 11) is 0. The molecular weight excluding hydrogens is 340 g/mol. The second kappa shape index (κ2) is 6.58. The molecule has 3 atom stereocenters. The third-order valence-corrected chi connectivity index (χ3v) is 5.39. The van der Waals surface area contributed by atoms with Gasteiger partial charge in [0.1, 0.15) is 11.7 Å². The molecule has 0 radical (unpaired) electrons. The molecule has 2 amide bonds. The van der Waals surface area contributed by atoms with E-state index in [9.17, 15) is 9.59 Å². The Bertz CT molecular complexity index is 895. The summed E-state index contributed by atoms with van der Waals surface area (Å²) in [6.45, 7) is 6.00. The first-order chi connectivity index (χ1) is 13.0. The molecule has 2 heterocycles. The van der Waals surface area contributed by atoms with Gasteiger partial charge in [-0.25, -0.2) is 0 Å². The zero-order valence-electron chi connectivity index (χ0n) is 15.2. The maximum absolute atomic E-state index is 13.3. The Hall–Kier alpha value is -3.08. The summed E-state index contributed by atoms with van der Waals surface area (Å²) in [5.74, 6) is -0.809. The predicted octanol–water partition coefficient (Wildman–Crippen LogP) is 3.55. The first-order valence-electron chi connectivity index (χ1n) is 9.10. The van der Waals surface area contributed by atoms with Gasteiger partial charge in [-0.1, -0.05) is 42.5 Å². The summed E-state index contributed by atoms with van der Waals surface area (Å²) in [5.41, 5.74) is 0.808. The Morgan fingerprint density at radius 3 is 2.70 bits per heavy atom. The van der Waals surface area contributed by atoms with Gasteiger partial charge in [-0.15, -0.1) is 6.58 Å². The zero-order valence-corrected chi connectivity index (χ0v) is 15.2. The summed E-state index contributed by atoms with van der Waals surface area (Å²) >= 11 is 0. The Balaban J connectivity index is 1.75. The first kappa shape index (κ1) is 17.3. The number of carbonyl (C=O) groups excluding carboxylic acids is 2. The summed E-state index contributed by atoms with van der Waals surface area (Å²) in [6, 6.07) is 16.9. The lowest BCUT2D eigenvalue weighted by Crippen LogP contribution is -2.64. The number of carbonyl (C=O) groups is 2. The topological polar surface area (TPSA) is 58.6 Å². The Labute approximate surface area is 158 Å². The molecule has 5 heteroatoms. The van der Waals surface area contributed by atoms with Crippen molar-refractivity contribution in [2.45, 2.75) is 25.0 Å². The number of hydrogen-bond acceptors (Lipinski definition) is 3. The van der Waals surface area contributed by atoms with Gasteiger partial charge in [0.05, 0.1) is 0 Å². The van der Waals surface area contributed by atoms with Gasteiger partial charge in [0.15, 0.2) is 5.72 Å². The van der Waals surface area contributed by atoms with Crippen molar-refractivity contribution in [3.8, 4) is 5.75 Å². The molecular formula is C22H22N2O3. The number of fused-ring (bicyclic) bond motifs is 4. The fraction of sp³-hybridized carbons (Fsp3) is 0.273. The molecule has 0 aromatic heterocycles. The molecule has 0 aliphatic carbocycles. The fourth-order valence-corrected chi connectivity index (χ4v) is 4.16. The quantitative estimate of drug-likeness (QED) is 0.668. The van der Waals surface area contributed by atoms with Crippen LogP contribution in [-0.2, 0) is 9.59 Å². The van der Waals surface area contributed by atoms with Gasteiger partial charge in [-0.2, -0.15) is 0 Å². The molecule has 138 valence electrons. The van der Waals surface area contributed by atoms with Gasteiger partial charge in [-0.3, -0.25) is 9.59 Å². The van der Waals surface area contributed by atoms with Crippen LogP contribution in [0.25, 0.3) is 0 Å². The average Bonchev–Trinajstić information content (AvgIpc) is 2.66. The molecule has 27 heavy (non-hydrogen) atoms. The fourth-order valence-electron chi connectivity index (χ4n) is 4.16. The molecule has 0 saturated carbocycles. The van der Waals surface area contributed by atoms with Crippen molar-refractivity contribution in [2.24, 2.45) is 5.92 Å². The van der Waals surface area contributed by atoms with Gasteiger partial charge in [0, 0.05) is 24.6 Å². The van der Waals surface area contributed by atoms with Crippen molar-refractivity contribution < 1.29 is 14.3 Å². The van der Waals surface area contributed by atoms with Crippen LogP contribution < -0.4 is 10.1 Å². The van der Waals surface area contributed by atoms with Crippen LogP contribution in [-0.4, -0.2) is 29.0 Å². The molecule has 1 saturated heterocycles. The van der Waals surface area contributed by atoms with Crippen LogP contribution in [0.2, 0.25) is 0 Å². The smallest absolute Gasteiger partial charge is 0.239 e. The number of nitrogens with zero attached hydrogens (tertiary/aromatic N) is 1. The van der Waals surface area contributed by atoms with Gasteiger partial charge in [0.25, 0.3) is 0 Å². The van der Waals surface area contributed by atoms with Crippen molar-refractivity contribution in [1.82, 2.24) is 4.90 Å². The van der Waals surface area contributed by atoms with E-state index in [1.807, 2.05) is 61.5 Å². The number of nitrogens with one attached hydrogen (secondary N) is 1. The number of benzene rings is 2. The number of anilines is 1. The van der Waals surface area contributed by atoms with E-state index in [1.165, 1.54) is 0 Å². The number of para-hydroxylation sites is 2. The van der Waals surface area contributed by atoms with E-state index in [0.29, 0.717) is 18.7 Å². The number of amides is 2. The van der Waals surface area contributed by atoms with E-state index in [2.05, 4.69) is 11.9 Å². The highest BCUT2D eigenvalue weighted by Crippen LogP contribution is 2.50. The number of piperidine rings is 1. The van der Waals surface area contributed by atoms with Crippen molar-refractivity contribution in [2.75, 3.05) is 11.9 Å². The molecule has 2 aromatic carbocycles. The average molecular weight is 362 g/mol. The minimum absolute atomic E-state index is 0.225. The van der Waals surface area contributed by atoms with Crippen molar-refractivity contribution in [1.29, 1.82) is 0 Å². The van der Waals surface area contributed by atoms with Gasteiger partial charge in [0.2, 0.25) is 11.8 Å². The van der Waals surface area contributed by atoms with Crippen LogP contribution in [0.4, 0.5) is 5.69 Å². The molecule has 2 aromatic rings. The molecule has 2 bridgehead atoms. The standard InChI is InChI=1S/C22H22N2O3/c1-3-13-24-21(26)19(20(25)23-15-9-5-4-6-10-15)17-14-22(24,2)27-18-12-8-7-11-16(17)18/h3-12,17,19H,1,13-14H2,2H3,(H,23,25)/t17-,19-,22-/m1/s1. The highest BCUT2D eigenvalue weighted by molar-refractivity contribution is 6.08. The molecule has 0 unspecified atom stereocenters. The summed E-state index contributed by atoms with van der Waals surface area (Å²) in [6.07, 6.45) is 2.23. The Morgan fingerprint density at radius 2 is 1.96 bits per heavy atom. The third kappa shape index (κ3) is 2.89. The van der Waals surface area contributed by atoms with Crippen molar-refractivity contribution in [3.63, 3.8) is 0 Å². The van der Waals surface area contributed by atoms with E-state index < -0.39 is 11.6 Å². The lowest BCUT2D eigenvalue weighted by Gasteiger charge is -2.52. The highest BCUT2D eigenvalue weighted by atomic mass is 16.5. The van der Waals surface area contributed by atoms with Gasteiger partial charge in [-0.05, 0) is 30.7 Å². The monoisotopic (exact) mass is 362 g/mol.